The van der Waals surface area contributed by atoms with Crippen molar-refractivity contribution in [2.75, 3.05) is 17.7 Å². The number of hydrogen-bond acceptors (Lipinski definition) is 4. The molecule has 7 heteroatoms. The molecule has 2 aromatic carbocycles. The maximum atomic E-state index is 12.3. The molecule has 0 fully saturated rings. The number of nitrogens with two attached hydrogens (primary N) is 1. The van der Waals surface area contributed by atoms with E-state index >= 15 is 0 Å². The lowest BCUT2D eigenvalue weighted by atomic mass is 10.1. The lowest BCUT2D eigenvalue weighted by Gasteiger charge is -2.17. The standard InChI is InChI=1S/C17H18ClN3O3/c1-10(17(23)21-14-5-3-4-6-15(14)24-2)20-11-7-8-13(18)12(9-11)16(19)22/h3-10,20H,1-2H3,(H2,19,22)(H,21,23). The second-order valence-electron chi connectivity index (χ2n) is 5.11. The fourth-order valence-corrected chi connectivity index (χ4v) is 2.32. The molecule has 1 atom stereocenters. The Hall–Kier alpha value is -2.73. The minimum atomic E-state index is -0.630. The van der Waals surface area contributed by atoms with Crippen LogP contribution in [0.1, 0.15) is 17.3 Å². The van der Waals surface area contributed by atoms with E-state index in [1.54, 1.807) is 37.3 Å². The summed E-state index contributed by atoms with van der Waals surface area (Å²) in [6.45, 7) is 1.70. The molecule has 0 saturated carbocycles. The zero-order chi connectivity index (χ0) is 17.7. The molecule has 0 spiro atoms. The molecule has 0 saturated heterocycles. The minimum absolute atomic E-state index is 0.194. The van der Waals surface area contributed by atoms with Crippen molar-refractivity contribution in [2.45, 2.75) is 13.0 Å². The van der Waals surface area contributed by atoms with Crippen LogP contribution in [0.25, 0.3) is 0 Å². The number of carbonyl (C=O) groups is 2. The van der Waals surface area contributed by atoms with E-state index in [1.807, 2.05) is 6.07 Å². The molecule has 6 nitrogen and oxygen atoms in total. The summed E-state index contributed by atoms with van der Waals surface area (Å²) in [4.78, 5) is 23.6. The van der Waals surface area contributed by atoms with E-state index < -0.39 is 11.9 Å². The van der Waals surface area contributed by atoms with Gasteiger partial charge in [0.2, 0.25) is 11.8 Å². The molecule has 0 aliphatic carbocycles. The van der Waals surface area contributed by atoms with Gasteiger partial charge in [0.25, 0.3) is 0 Å². The third-order valence-electron chi connectivity index (χ3n) is 3.37. The van der Waals surface area contributed by atoms with Crippen LogP contribution in [0.3, 0.4) is 0 Å². The van der Waals surface area contributed by atoms with Gasteiger partial charge in [0, 0.05) is 5.69 Å². The van der Waals surface area contributed by atoms with Crippen molar-refractivity contribution in [2.24, 2.45) is 5.73 Å². The molecule has 0 heterocycles. The topological polar surface area (TPSA) is 93.4 Å². The second kappa shape index (κ2) is 7.70. The normalized spacial score (nSPS) is 11.5. The number of carbonyl (C=O) groups excluding carboxylic acids is 2. The Morgan fingerprint density at radius 1 is 1.21 bits per heavy atom. The summed E-state index contributed by atoms with van der Waals surface area (Å²) in [7, 11) is 1.53. The minimum Gasteiger partial charge on any atom is -0.495 e. The molecule has 2 aromatic rings. The highest BCUT2D eigenvalue weighted by molar-refractivity contribution is 6.33. The van der Waals surface area contributed by atoms with E-state index in [-0.39, 0.29) is 16.5 Å². The van der Waals surface area contributed by atoms with Crippen LogP contribution in [0, 0.1) is 0 Å². The number of para-hydroxylation sites is 2. The first-order chi connectivity index (χ1) is 11.4. The van der Waals surface area contributed by atoms with E-state index in [9.17, 15) is 9.59 Å². The van der Waals surface area contributed by atoms with Crippen LogP contribution < -0.4 is 21.1 Å². The van der Waals surface area contributed by atoms with Gasteiger partial charge in [0.1, 0.15) is 11.8 Å². The Kier molecular flexibility index (Phi) is 5.65. The van der Waals surface area contributed by atoms with Gasteiger partial charge in [-0.2, -0.15) is 0 Å². The third-order valence-corrected chi connectivity index (χ3v) is 3.70. The number of anilines is 2. The summed E-state index contributed by atoms with van der Waals surface area (Å²) in [5.41, 5.74) is 6.60. The third kappa shape index (κ3) is 4.17. The molecule has 0 aliphatic heterocycles. The molecule has 0 aliphatic rings. The van der Waals surface area contributed by atoms with E-state index in [0.717, 1.165) is 0 Å². The smallest absolute Gasteiger partial charge is 0.250 e. The van der Waals surface area contributed by atoms with Gasteiger partial charge < -0.3 is 21.1 Å². The number of primary amides is 1. The van der Waals surface area contributed by atoms with Crippen molar-refractivity contribution in [3.8, 4) is 5.75 Å². The van der Waals surface area contributed by atoms with Gasteiger partial charge in [-0.3, -0.25) is 9.59 Å². The first-order valence-corrected chi connectivity index (χ1v) is 7.60. The molecule has 2 rings (SSSR count). The van der Waals surface area contributed by atoms with Gasteiger partial charge in [-0.25, -0.2) is 0 Å². The van der Waals surface area contributed by atoms with Crippen molar-refractivity contribution in [1.29, 1.82) is 0 Å². The molecule has 0 aromatic heterocycles. The molecule has 2 amide bonds. The average molecular weight is 348 g/mol. The van der Waals surface area contributed by atoms with Gasteiger partial charge in [-0.15, -0.1) is 0 Å². The van der Waals surface area contributed by atoms with Crippen molar-refractivity contribution in [1.82, 2.24) is 0 Å². The Balaban J connectivity index is 2.09. The van der Waals surface area contributed by atoms with Crippen LogP contribution in [0.15, 0.2) is 42.5 Å². The lowest BCUT2D eigenvalue weighted by Crippen LogP contribution is -2.32. The van der Waals surface area contributed by atoms with Crippen LogP contribution in [0.4, 0.5) is 11.4 Å². The number of rotatable bonds is 6. The SMILES string of the molecule is COc1ccccc1NC(=O)C(C)Nc1ccc(Cl)c(C(N)=O)c1. The van der Waals surface area contributed by atoms with E-state index in [1.165, 1.54) is 13.2 Å². The summed E-state index contributed by atoms with van der Waals surface area (Å²) in [6, 6.07) is 11.3. The summed E-state index contributed by atoms with van der Waals surface area (Å²) in [5.74, 6) is -0.314. The van der Waals surface area contributed by atoms with E-state index in [0.29, 0.717) is 17.1 Å². The van der Waals surface area contributed by atoms with Crippen molar-refractivity contribution in [3.05, 3.63) is 53.1 Å². The Morgan fingerprint density at radius 3 is 2.58 bits per heavy atom. The largest absolute Gasteiger partial charge is 0.495 e. The van der Waals surface area contributed by atoms with Crippen molar-refractivity contribution >= 4 is 34.8 Å². The van der Waals surface area contributed by atoms with Gasteiger partial charge >= 0.3 is 0 Å². The van der Waals surface area contributed by atoms with E-state index in [2.05, 4.69) is 10.6 Å². The van der Waals surface area contributed by atoms with Crippen LogP contribution >= 0.6 is 11.6 Å². The number of ether oxygens (including phenoxy) is 1. The quantitative estimate of drug-likeness (QED) is 0.749. The van der Waals surface area contributed by atoms with Crippen LogP contribution in [-0.4, -0.2) is 25.0 Å². The molecular formula is C17H18ClN3O3. The molecule has 4 N–H and O–H groups in total. The van der Waals surface area contributed by atoms with E-state index in [4.69, 9.17) is 22.1 Å². The Morgan fingerprint density at radius 2 is 1.92 bits per heavy atom. The predicted octanol–water partition coefficient (Wildman–Crippen LogP) is 2.89. The van der Waals surface area contributed by atoms with Crippen LogP contribution in [0.5, 0.6) is 5.75 Å². The fourth-order valence-electron chi connectivity index (χ4n) is 2.11. The Bertz CT molecular complexity index is 764. The summed E-state index contributed by atoms with van der Waals surface area (Å²) in [6.07, 6.45) is 0. The first-order valence-electron chi connectivity index (χ1n) is 7.22. The predicted molar refractivity (Wildman–Crippen MR) is 94.7 cm³/mol. The highest BCUT2D eigenvalue weighted by Gasteiger charge is 2.16. The maximum absolute atomic E-state index is 12.3. The monoisotopic (exact) mass is 347 g/mol. The molecular weight excluding hydrogens is 330 g/mol. The average Bonchev–Trinajstić information content (AvgIpc) is 2.56. The number of amides is 2. The fraction of sp³-hybridized carbons (Fsp3) is 0.176. The summed E-state index contributed by atoms with van der Waals surface area (Å²) >= 11 is 5.91. The number of benzene rings is 2. The maximum Gasteiger partial charge on any atom is 0.250 e. The zero-order valence-corrected chi connectivity index (χ0v) is 14.1. The molecule has 0 radical (unpaired) electrons. The van der Waals surface area contributed by atoms with Crippen LogP contribution in [0.2, 0.25) is 5.02 Å². The molecule has 24 heavy (non-hydrogen) atoms. The van der Waals surface area contributed by atoms with Gasteiger partial charge in [-0.05, 0) is 37.3 Å². The number of nitrogens with one attached hydrogen (secondary N) is 2. The lowest BCUT2D eigenvalue weighted by molar-refractivity contribution is -0.116. The highest BCUT2D eigenvalue weighted by Crippen LogP contribution is 2.24. The van der Waals surface area contributed by atoms with Crippen molar-refractivity contribution < 1.29 is 14.3 Å². The molecule has 1 unspecified atom stereocenters. The number of methoxy groups -OCH3 is 1. The van der Waals surface area contributed by atoms with Crippen LogP contribution in [-0.2, 0) is 4.79 Å². The summed E-state index contributed by atoms with van der Waals surface area (Å²) in [5, 5.41) is 6.05. The molecule has 0 bridgehead atoms. The molecule has 126 valence electrons. The van der Waals surface area contributed by atoms with Crippen molar-refractivity contribution in [3.63, 3.8) is 0 Å². The first kappa shape index (κ1) is 17.6. The number of hydrogen-bond donors (Lipinski definition) is 3. The van der Waals surface area contributed by atoms with Gasteiger partial charge in [0.15, 0.2) is 0 Å². The second-order valence-corrected chi connectivity index (χ2v) is 5.52. The highest BCUT2D eigenvalue weighted by atomic mass is 35.5. The Labute approximate surface area is 144 Å². The van der Waals surface area contributed by atoms with Gasteiger partial charge in [-0.1, -0.05) is 23.7 Å². The zero-order valence-electron chi connectivity index (χ0n) is 13.3. The summed E-state index contributed by atoms with van der Waals surface area (Å²) < 4.78 is 5.20. The van der Waals surface area contributed by atoms with Gasteiger partial charge in [0.05, 0.1) is 23.4 Å². The number of halogens is 1.